The number of morpholine rings is 1. The minimum Gasteiger partial charge on any atom is -0.379 e. The zero-order valence-electron chi connectivity index (χ0n) is 19.5. The molecule has 1 aliphatic heterocycles. The van der Waals surface area contributed by atoms with E-state index in [0.29, 0.717) is 43.6 Å². The van der Waals surface area contributed by atoms with Gasteiger partial charge >= 0.3 is 0 Å². The lowest BCUT2D eigenvalue weighted by Crippen LogP contribution is -2.40. The molecule has 1 aromatic carbocycles. The van der Waals surface area contributed by atoms with Gasteiger partial charge in [-0.3, -0.25) is 9.78 Å². The van der Waals surface area contributed by atoms with Gasteiger partial charge in [0.2, 0.25) is 27.6 Å². The van der Waals surface area contributed by atoms with E-state index in [2.05, 4.69) is 20.4 Å². The number of sulfonamides is 1. The van der Waals surface area contributed by atoms with E-state index < -0.39 is 16.1 Å². The zero-order valence-corrected chi connectivity index (χ0v) is 20.3. The monoisotopic (exact) mass is 497 g/mol. The van der Waals surface area contributed by atoms with Gasteiger partial charge in [0.05, 0.1) is 18.1 Å². The van der Waals surface area contributed by atoms with Crippen LogP contribution >= 0.6 is 0 Å². The molecular formula is C24H27N5O5S. The molecule has 11 heteroatoms. The first kappa shape index (κ1) is 24.7. The minimum atomic E-state index is -3.56. The summed E-state index contributed by atoms with van der Waals surface area (Å²) < 4.78 is 37.5. The normalized spacial score (nSPS) is 16.0. The molecule has 0 aliphatic carbocycles. The summed E-state index contributed by atoms with van der Waals surface area (Å²) in [5.74, 6) is 0.399. The van der Waals surface area contributed by atoms with Crippen LogP contribution in [0.1, 0.15) is 31.3 Å². The molecule has 35 heavy (non-hydrogen) atoms. The summed E-state index contributed by atoms with van der Waals surface area (Å²) in [6.45, 7) is 5.34. The van der Waals surface area contributed by atoms with Crippen molar-refractivity contribution in [2.75, 3.05) is 26.3 Å². The van der Waals surface area contributed by atoms with E-state index in [1.165, 1.54) is 10.4 Å². The topological polar surface area (TPSA) is 128 Å². The van der Waals surface area contributed by atoms with Gasteiger partial charge < -0.3 is 14.6 Å². The molecule has 3 heterocycles. The number of pyridine rings is 1. The van der Waals surface area contributed by atoms with Gasteiger partial charge in [0, 0.05) is 37.1 Å². The van der Waals surface area contributed by atoms with Crippen LogP contribution in [0, 0.1) is 5.92 Å². The Bertz CT molecular complexity index is 1270. The van der Waals surface area contributed by atoms with Crippen molar-refractivity contribution < 1.29 is 22.5 Å². The summed E-state index contributed by atoms with van der Waals surface area (Å²) in [4.78, 5) is 21.2. The molecule has 1 aliphatic rings. The number of aromatic nitrogens is 3. The molecule has 1 fully saturated rings. The molecule has 3 aromatic rings. The summed E-state index contributed by atoms with van der Waals surface area (Å²) >= 11 is 0. The highest BCUT2D eigenvalue weighted by Gasteiger charge is 2.26. The highest BCUT2D eigenvalue weighted by molar-refractivity contribution is 7.89. The van der Waals surface area contributed by atoms with E-state index in [1.807, 2.05) is 13.8 Å². The van der Waals surface area contributed by atoms with Gasteiger partial charge in [0.15, 0.2) is 0 Å². The highest BCUT2D eigenvalue weighted by atomic mass is 32.2. The van der Waals surface area contributed by atoms with Crippen molar-refractivity contribution in [2.24, 2.45) is 5.92 Å². The number of hydrogen-bond acceptors (Lipinski definition) is 8. The molecule has 0 saturated carbocycles. The molecule has 10 nitrogen and oxygen atoms in total. The third-order valence-corrected chi connectivity index (χ3v) is 7.44. The Morgan fingerprint density at radius 1 is 1.09 bits per heavy atom. The van der Waals surface area contributed by atoms with Crippen molar-refractivity contribution in [3.63, 3.8) is 0 Å². The Kier molecular flexibility index (Phi) is 7.69. The predicted molar refractivity (Wildman–Crippen MR) is 128 cm³/mol. The number of nitrogens with one attached hydrogen (secondary N) is 1. The van der Waals surface area contributed by atoms with Crippen molar-refractivity contribution in [3.05, 3.63) is 66.3 Å². The van der Waals surface area contributed by atoms with Gasteiger partial charge in [-0.15, -0.1) is 0 Å². The van der Waals surface area contributed by atoms with Crippen molar-refractivity contribution in [2.45, 2.75) is 24.8 Å². The summed E-state index contributed by atoms with van der Waals surface area (Å²) in [7, 11) is -3.56. The Hall–Kier alpha value is -3.41. The Morgan fingerprint density at radius 3 is 2.43 bits per heavy atom. The van der Waals surface area contributed by atoms with Crippen LogP contribution in [0.25, 0.3) is 17.5 Å². The highest BCUT2D eigenvalue weighted by Crippen LogP contribution is 2.23. The summed E-state index contributed by atoms with van der Waals surface area (Å²) in [6, 6.07) is 9.48. The van der Waals surface area contributed by atoms with Crippen LogP contribution in [-0.2, 0) is 19.6 Å². The molecule has 1 saturated heterocycles. The van der Waals surface area contributed by atoms with E-state index in [0.717, 1.165) is 5.56 Å². The van der Waals surface area contributed by atoms with Gasteiger partial charge in [0.25, 0.3) is 0 Å². The van der Waals surface area contributed by atoms with Crippen LogP contribution in [0.15, 0.2) is 64.3 Å². The largest absolute Gasteiger partial charge is 0.379 e. The fraction of sp³-hybridized carbons (Fsp3) is 0.333. The third-order valence-electron chi connectivity index (χ3n) is 5.53. The van der Waals surface area contributed by atoms with E-state index in [4.69, 9.17) is 9.26 Å². The van der Waals surface area contributed by atoms with Crippen LogP contribution in [0.2, 0.25) is 0 Å². The van der Waals surface area contributed by atoms with Gasteiger partial charge in [-0.1, -0.05) is 31.1 Å². The lowest BCUT2D eigenvalue weighted by molar-refractivity contribution is -0.117. The number of nitrogens with zero attached hydrogens (tertiary/aromatic N) is 4. The lowest BCUT2D eigenvalue weighted by Gasteiger charge is -2.26. The number of benzene rings is 1. The summed E-state index contributed by atoms with van der Waals surface area (Å²) in [5, 5.41) is 6.91. The molecule has 2 aromatic heterocycles. The average molecular weight is 498 g/mol. The second-order valence-electron chi connectivity index (χ2n) is 8.34. The number of carbonyl (C=O) groups excluding carboxylic acids is 1. The van der Waals surface area contributed by atoms with Crippen LogP contribution in [0.4, 0.5) is 0 Å². The van der Waals surface area contributed by atoms with Crippen molar-refractivity contribution in [3.8, 4) is 11.4 Å². The number of ether oxygens (including phenoxy) is 1. The minimum absolute atomic E-state index is 0.00256. The second kappa shape index (κ2) is 10.9. The molecule has 0 radical (unpaired) electrons. The standard InChI is InChI=1S/C24H27N5O5S/c1-17(2)22(24-27-23(28-34-24)19-9-11-25-12-10-19)26-21(30)8-5-18-3-6-20(7-4-18)35(31,32)29-13-15-33-16-14-29/h3-12,17,22H,13-16H2,1-2H3,(H,26,30)/b8-5+. The quantitative estimate of drug-likeness (QED) is 0.471. The van der Waals surface area contributed by atoms with E-state index in [1.54, 1.807) is 54.9 Å². The smallest absolute Gasteiger partial charge is 0.249 e. The molecule has 0 bridgehead atoms. The first-order valence-corrected chi connectivity index (χ1v) is 12.7. The molecule has 1 N–H and O–H groups in total. The third kappa shape index (κ3) is 5.99. The maximum atomic E-state index is 12.7. The number of amides is 1. The average Bonchev–Trinajstić information content (AvgIpc) is 3.37. The molecule has 1 unspecified atom stereocenters. The van der Waals surface area contributed by atoms with Crippen molar-refractivity contribution >= 4 is 22.0 Å². The maximum absolute atomic E-state index is 12.7. The first-order valence-electron chi connectivity index (χ1n) is 11.2. The molecule has 184 valence electrons. The maximum Gasteiger partial charge on any atom is 0.249 e. The Morgan fingerprint density at radius 2 is 1.77 bits per heavy atom. The molecule has 1 amide bonds. The number of hydrogen-bond donors (Lipinski definition) is 1. The van der Waals surface area contributed by atoms with Gasteiger partial charge in [0.1, 0.15) is 6.04 Å². The predicted octanol–water partition coefficient (Wildman–Crippen LogP) is 2.68. The second-order valence-corrected chi connectivity index (χ2v) is 10.3. The first-order chi connectivity index (χ1) is 16.8. The summed E-state index contributed by atoms with van der Waals surface area (Å²) in [6.07, 6.45) is 6.29. The number of carbonyl (C=O) groups is 1. The fourth-order valence-corrected chi connectivity index (χ4v) is 4.96. The SMILES string of the molecule is CC(C)C(NC(=O)/C=C/c1ccc(S(=O)(=O)N2CCOCC2)cc1)c1nc(-c2ccncc2)no1. The molecule has 4 rings (SSSR count). The molecule has 0 spiro atoms. The van der Waals surface area contributed by atoms with E-state index in [-0.39, 0.29) is 16.7 Å². The van der Waals surface area contributed by atoms with Gasteiger partial charge in [-0.25, -0.2) is 8.42 Å². The van der Waals surface area contributed by atoms with E-state index >= 15 is 0 Å². The zero-order chi connectivity index (χ0) is 24.8. The molecular weight excluding hydrogens is 470 g/mol. The lowest BCUT2D eigenvalue weighted by atomic mass is 10.0. The Balaban J connectivity index is 1.41. The van der Waals surface area contributed by atoms with Crippen molar-refractivity contribution in [1.82, 2.24) is 24.7 Å². The summed E-state index contributed by atoms with van der Waals surface area (Å²) in [5.41, 5.74) is 1.46. The van der Waals surface area contributed by atoms with Gasteiger partial charge in [-0.05, 0) is 41.8 Å². The van der Waals surface area contributed by atoms with Crippen LogP contribution in [-0.4, -0.2) is 60.1 Å². The Labute approximate surface area is 204 Å². The van der Waals surface area contributed by atoms with Crippen LogP contribution in [0.3, 0.4) is 0 Å². The van der Waals surface area contributed by atoms with Crippen LogP contribution < -0.4 is 5.32 Å². The fourth-order valence-electron chi connectivity index (χ4n) is 3.55. The number of rotatable bonds is 8. The van der Waals surface area contributed by atoms with E-state index in [9.17, 15) is 13.2 Å². The van der Waals surface area contributed by atoms with Crippen molar-refractivity contribution in [1.29, 1.82) is 0 Å². The van der Waals surface area contributed by atoms with Gasteiger partial charge in [-0.2, -0.15) is 9.29 Å². The van der Waals surface area contributed by atoms with Crippen LogP contribution in [0.5, 0.6) is 0 Å². The molecule has 1 atom stereocenters.